The van der Waals surface area contributed by atoms with Gasteiger partial charge in [0.1, 0.15) is 6.61 Å². The van der Waals surface area contributed by atoms with Gasteiger partial charge in [-0.25, -0.2) is 4.79 Å². The monoisotopic (exact) mass is 247 g/mol. The Morgan fingerprint density at radius 2 is 2.06 bits per heavy atom. The van der Waals surface area contributed by atoms with Gasteiger partial charge in [-0.05, 0) is 12.5 Å². The number of aryl methyl sites for hydroxylation is 1. The van der Waals surface area contributed by atoms with Crippen molar-refractivity contribution in [2.24, 2.45) is 0 Å². The molecule has 0 radical (unpaired) electrons. The summed E-state index contributed by atoms with van der Waals surface area (Å²) in [6, 6.07) is 9.35. The number of ether oxygens (including phenoxy) is 1. The van der Waals surface area contributed by atoms with Crippen molar-refractivity contribution in [1.29, 1.82) is 0 Å². The van der Waals surface area contributed by atoms with Crippen molar-refractivity contribution < 1.29 is 19.2 Å². The van der Waals surface area contributed by atoms with Gasteiger partial charge in [0.25, 0.3) is 0 Å². The summed E-state index contributed by atoms with van der Waals surface area (Å²) in [7, 11) is 0. The van der Waals surface area contributed by atoms with Crippen LogP contribution < -0.4 is 0 Å². The van der Waals surface area contributed by atoms with Gasteiger partial charge in [-0.3, -0.25) is 0 Å². The number of hydrogen-bond acceptors (Lipinski definition) is 4. The van der Waals surface area contributed by atoms with Gasteiger partial charge in [0.15, 0.2) is 11.5 Å². The number of carboxylic acids is 1. The quantitative estimate of drug-likeness (QED) is 0.878. The molecule has 18 heavy (non-hydrogen) atoms. The highest BCUT2D eigenvalue weighted by atomic mass is 16.5. The molecule has 1 N–H and O–H groups in total. The topological polar surface area (TPSA) is 72.6 Å². The summed E-state index contributed by atoms with van der Waals surface area (Å²) in [5.74, 6) is -0.706. The van der Waals surface area contributed by atoms with Crippen molar-refractivity contribution in [1.82, 2.24) is 5.16 Å². The number of hydrogen-bond donors (Lipinski definition) is 1. The Hall–Kier alpha value is -2.14. The predicted molar refractivity (Wildman–Crippen MR) is 63.1 cm³/mol. The van der Waals surface area contributed by atoms with Crippen molar-refractivity contribution >= 4 is 5.97 Å². The molecular weight excluding hydrogens is 234 g/mol. The number of carbonyl (C=O) groups is 1. The highest BCUT2D eigenvalue weighted by Gasteiger charge is 2.10. The molecule has 0 unspecified atom stereocenters. The Balaban J connectivity index is 1.84. The van der Waals surface area contributed by atoms with Crippen LogP contribution in [0.15, 0.2) is 34.9 Å². The molecule has 0 bridgehead atoms. The second-order valence-corrected chi connectivity index (χ2v) is 3.96. The average Bonchev–Trinajstić information content (AvgIpc) is 2.81. The highest BCUT2D eigenvalue weighted by molar-refractivity contribution is 5.85. The van der Waals surface area contributed by atoms with Gasteiger partial charge in [0.05, 0.1) is 6.61 Å². The molecule has 5 nitrogen and oxygen atoms in total. The molecule has 0 saturated carbocycles. The lowest BCUT2D eigenvalue weighted by atomic mass is 10.2. The van der Waals surface area contributed by atoms with Gasteiger partial charge in [-0.1, -0.05) is 35.0 Å². The lowest BCUT2D eigenvalue weighted by Crippen LogP contribution is -1.95. The van der Waals surface area contributed by atoms with Crippen LogP contribution in [0.5, 0.6) is 0 Å². The van der Waals surface area contributed by atoms with E-state index < -0.39 is 5.97 Å². The molecule has 2 rings (SSSR count). The molecule has 0 atom stereocenters. The summed E-state index contributed by atoms with van der Waals surface area (Å²) in [5.41, 5.74) is 2.14. The van der Waals surface area contributed by atoms with E-state index in [-0.39, 0.29) is 12.3 Å². The average molecular weight is 247 g/mol. The molecule has 0 saturated heterocycles. The largest absolute Gasteiger partial charge is 0.476 e. The van der Waals surface area contributed by atoms with E-state index in [1.165, 1.54) is 11.6 Å². The highest BCUT2D eigenvalue weighted by Crippen LogP contribution is 2.08. The lowest BCUT2D eigenvalue weighted by Gasteiger charge is -2.02. The third kappa shape index (κ3) is 3.18. The van der Waals surface area contributed by atoms with Crippen LogP contribution in [-0.4, -0.2) is 16.2 Å². The Morgan fingerprint density at radius 3 is 2.67 bits per heavy atom. The van der Waals surface area contributed by atoms with Gasteiger partial charge in [0.2, 0.25) is 0 Å². The number of aromatic nitrogens is 1. The minimum absolute atomic E-state index is 0.107. The van der Waals surface area contributed by atoms with E-state index in [9.17, 15) is 4.79 Å². The van der Waals surface area contributed by atoms with Crippen LogP contribution in [0.3, 0.4) is 0 Å². The molecule has 0 aliphatic carbocycles. The molecule has 94 valence electrons. The van der Waals surface area contributed by atoms with Gasteiger partial charge in [-0.2, -0.15) is 0 Å². The van der Waals surface area contributed by atoms with Crippen LogP contribution in [0.4, 0.5) is 0 Å². The first-order valence-corrected chi connectivity index (χ1v) is 5.47. The Morgan fingerprint density at radius 1 is 1.33 bits per heavy atom. The van der Waals surface area contributed by atoms with Crippen LogP contribution >= 0.6 is 0 Å². The maximum atomic E-state index is 10.6. The van der Waals surface area contributed by atoms with Crippen LogP contribution in [0, 0.1) is 6.92 Å². The Labute approximate surface area is 104 Å². The fraction of sp³-hybridized carbons (Fsp3) is 0.231. The number of benzene rings is 1. The number of nitrogens with zero attached hydrogens (tertiary/aromatic N) is 1. The number of carboxylic acid groups (broad SMARTS) is 1. The molecule has 0 aliphatic rings. The first-order chi connectivity index (χ1) is 8.65. The lowest BCUT2D eigenvalue weighted by molar-refractivity contribution is 0.0683. The minimum Gasteiger partial charge on any atom is -0.476 e. The predicted octanol–water partition coefficient (Wildman–Crippen LogP) is 2.40. The van der Waals surface area contributed by atoms with Crippen molar-refractivity contribution in [3.05, 3.63) is 52.9 Å². The molecule has 0 spiro atoms. The van der Waals surface area contributed by atoms with E-state index in [1.807, 2.05) is 31.2 Å². The van der Waals surface area contributed by atoms with Crippen molar-refractivity contribution in [2.75, 3.05) is 0 Å². The summed E-state index contributed by atoms with van der Waals surface area (Å²) >= 11 is 0. The number of rotatable bonds is 5. The van der Waals surface area contributed by atoms with Crippen molar-refractivity contribution in [2.45, 2.75) is 20.1 Å². The van der Waals surface area contributed by atoms with Crippen molar-refractivity contribution in [3.63, 3.8) is 0 Å². The molecule has 1 aromatic heterocycles. The molecule has 2 aromatic rings. The zero-order valence-electron chi connectivity index (χ0n) is 9.92. The van der Waals surface area contributed by atoms with Gasteiger partial charge >= 0.3 is 5.97 Å². The standard InChI is InChI=1S/C13H13NO4/c1-9-2-4-10(5-3-9)7-17-8-11-6-12(13(15)16)14-18-11/h2-6H,7-8H2,1H3,(H,15,16). The second-order valence-electron chi connectivity index (χ2n) is 3.96. The summed E-state index contributed by atoms with van der Waals surface area (Å²) < 4.78 is 10.2. The Kier molecular flexibility index (Phi) is 3.74. The third-order valence-corrected chi connectivity index (χ3v) is 2.41. The van der Waals surface area contributed by atoms with Crippen LogP contribution in [0.1, 0.15) is 27.4 Å². The summed E-state index contributed by atoms with van der Waals surface area (Å²) in [5, 5.41) is 12.1. The summed E-state index contributed by atoms with van der Waals surface area (Å²) in [6.45, 7) is 2.67. The first-order valence-electron chi connectivity index (χ1n) is 5.47. The summed E-state index contributed by atoms with van der Waals surface area (Å²) in [6.07, 6.45) is 0. The van der Waals surface area contributed by atoms with E-state index in [2.05, 4.69) is 5.16 Å². The van der Waals surface area contributed by atoms with E-state index >= 15 is 0 Å². The minimum atomic E-state index is -1.11. The zero-order valence-corrected chi connectivity index (χ0v) is 9.92. The second kappa shape index (κ2) is 5.46. The number of aromatic carboxylic acids is 1. The van der Waals surface area contributed by atoms with Crippen LogP contribution in [0.2, 0.25) is 0 Å². The fourth-order valence-electron chi connectivity index (χ4n) is 1.44. The molecule has 5 heteroatoms. The van der Waals surface area contributed by atoms with Crippen LogP contribution in [-0.2, 0) is 18.0 Å². The molecule has 0 aliphatic heterocycles. The maximum Gasteiger partial charge on any atom is 0.358 e. The first kappa shape index (κ1) is 12.3. The molecule has 0 fully saturated rings. The molecule has 1 heterocycles. The fourth-order valence-corrected chi connectivity index (χ4v) is 1.44. The third-order valence-electron chi connectivity index (χ3n) is 2.41. The maximum absolute atomic E-state index is 10.6. The van der Waals surface area contributed by atoms with E-state index in [0.29, 0.717) is 12.4 Å². The zero-order chi connectivity index (χ0) is 13.0. The molecule has 0 amide bonds. The van der Waals surface area contributed by atoms with E-state index in [4.69, 9.17) is 14.4 Å². The summed E-state index contributed by atoms with van der Waals surface area (Å²) in [4.78, 5) is 10.6. The molecule has 1 aromatic carbocycles. The van der Waals surface area contributed by atoms with Gasteiger partial charge in [-0.15, -0.1) is 0 Å². The van der Waals surface area contributed by atoms with Gasteiger partial charge in [0, 0.05) is 6.07 Å². The van der Waals surface area contributed by atoms with Crippen molar-refractivity contribution in [3.8, 4) is 0 Å². The Bertz CT molecular complexity index is 530. The molecular formula is C13H13NO4. The smallest absolute Gasteiger partial charge is 0.358 e. The van der Waals surface area contributed by atoms with Crippen LogP contribution in [0.25, 0.3) is 0 Å². The SMILES string of the molecule is Cc1ccc(COCc2cc(C(=O)O)no2)cc1. The normalized spacial score (nSPS) is 10.5. The van der Waals surface area contributed by atoms with Gasteiger partial charge < -0.3 is 14.4 Å². The van der Waals surface area contributed by atoms with E-state index in [0.717, 1.165) is 5.56 Å². The van der Waals surface area contributed by atoms with E-state index in [1.54, 1.807) is 0 Å².